The summed E-state index contributed by atoms with van der Waals surface area (Å²) in [4.78, 5) is 28.9. The van der Waals surface area contributed by atoms with Crippen LogP contribution in [0.4, 0.5) is 24.8 Å². The van der Waals surface area contributed by atoms with Crippen LogP contribution in [0.2, 0.25) is 5.02 Å². The molecule has 2 heterocycles. The number of carbonyl (C=O) groups excluding carboxylic acids is 2. The minimum absolute atomic E-state index is 0.0594. The molecule has 1 aliphatic heterocycles. The van der Waals surface area contributed by atoms with Crippen molar-refractivity contribution in [1.82, 2.24) is 9.55 Å². The third-order valence-corrected chi connectivity index (χ3v) is 4.71. The number of amides is 2. The quantitative estimate of drug-likeness (QED) is 0.681. The molecule has 3 aromatic rings. The fourth-order valence-electron chi connectivity index (χ4n) is 3.15. The van der Waals surface area contributed by atoms with Crippen LogP contribution in [0.1, 0.15) is 18.0 Å². The fourth-order valence-corrected chi connectivity index (χ4v) is 3.38. The molecule has 2 aromatic carbocycles. The molecule has 0 saturated heterocycles. The summed E-state index contributed by atoms with van der Waals surface area (Å²) in [6.45, 7) is 0. The summed E-state index contributed by atoms with van der Waals surface area (Å²) in [5.74, 6) is -0.688. The molecule has 6 nitrogen and oxygen atoms in total. The Labute approximate surface area is 161 Å². The molecule has 10 heteroatoms. The van der Waals surface area contributed by atoms with Crippen molar-refractivity contribution in [2.75, 3.05) is 10.6 Å². The number of nitrogens with one attached hydrogen (secondary N) is 2. The van der Waals surface area contributed by atoms with E-state index in [1.807, 2.05) is 0 Å². The third-order valence-electron chi connectivity index (χ3n) is 4.38. The smallest absolute Gasteiger partial charge is 0.326 e. The lowest BCUT2D eigenvalue weighted by Gasteiger charge is -2.14. The molecule has 0 bridgehead atoms. The Hall–Kier alpha value is -3.07. The summed E-state index contributed by atoms with van der Waals surface area (Å²) in [6.07, 6.45) is -4.91. The maximum absolute atomic E-state index is 13.0. The number of para-hydroxylation sites is 2. The van der Waals surface area contributed by atoms with Crippen LogP contribution >= 0.6 is 11.6 Å². The second-order valence-corrected chi connectivity index (χ2v) is 6.65. The van der Waals surface area contributed by atoms with Gasteiger partial charge in [-0.05, 0) is 30.3 Å². The van der Waals surface area contributed by atoms with Gasteiger partial charge in [-0.25, -0.2) is 4.98 Å². The lowest BCUT2D eigenvalue weighted by Crippen LogP contribution is -2.23. The molecule has 0 radical (unpaired) electrons. The Kier molecular flexibility index (Phi) is 4.26. The van der Waals surface area contributed by atoms with Gasteiger partial charge in [-0.1, -0.05) is 23.7 Å². The normalized spacial score (nSPS) is 16.1. The topological polar surface area (TPSA) is 76.0 Å². The first kappa shape index (κ1) is 18.3. The van der Waals surface area contributed by atoms with Crippen molar-refractivity contribution in [3.05, 3.63) is 53.1 Å². The lowest BCUT2D eigenvalue weighted by molar-refractivity contribution is -0.137. The summed E-state index contributed by atoms with van der Waals surface area (Å²) < 4.78 is 40.5. The fraction of sp³-hybridized carbons (Fsp3) is 0.167. The molecule has 2 amide bonds. The van der Waals surface area contributed by atoms with Crippen molar-refractivity contribution in [2.24, 2.45) is 0 Å². The number of rotatable bonds is 3. The third kappa shape index (κ3) is 3.18. The Morgan fingerprint density at radius 3 is 2.75 bits per heavy atom. The van der Waals surface area contributed by atoms with E-state index in [2.05, 4.69) is 15.6 Å². The van der Waals surface area contributed by atoms with Crippen molar-refractivity contribution in [3.8, 4) is 0 Å². The largest absolute Gasteiger partial charge is 0.417 e. The Balaban J connectivity index is 1.56. The number of hydrogen-bond donors (Lipinski definition) is 2. The average Bonchev–Trinajstić information content (AvgIpc) is 3.11. The van der Waals surface area contributed by atoms with Crippen molar-refractivity contribution in [3.63, 3.8) is 0 Å². The highest BCUT2D eigenvalue weighted by molar-refractivity contribution is 6.31. The monoisotopic (exact) mass is 408 g/mol. The number of alkyl halides is 3. The highest BCUT2D eigenvalue weighted by atomic mass is 35.5. The van der Waals surface area contributed by atoms with E-state index in [1.54, 1.807) is 28.8 Å². The highest BCUT2D eigenvalue weighted by Crippen LogP contribution is 2.36. The van der Waals surface area contributed by atoms with Crippen molar-refractivity contribution < 1.29 is 22.8 Å². The SMILES string of the molecule is O=C(C[C@@H]1C(=O)Nc2nc3ccccc3n21)Nc1ccc(Cl)c(C(F)(F)F)c1. The van der Waals surface area contributed by atoms with Gasteiger partial charge < -0.3 is 5.32 Å². The van der Waals surface area contributed by atoms with Crippen LogP contribution < -0.4 is 10.6 Å². The zero-order valence-electron chi connectivity index (χ0n) is 14.0. The number of imidazole rings is 1. The summed E-state index contributed by atoms with van der Waals surface area (Å²) in [5, 5.41) is 4.54. The summed E-state index contributed by atoms with van der Waals surface area (Å²) >= 11 is 5.58. The van der Waals surface area contributed by atoms with E-state index in [4.69, 9.17) is 11.6 Å². The molecular formula is C18H12ClF3N4O2. The van der Waals surface area contributed by atoms with Gasteiger partial charge in [0, 0.05) is 5.69 Å². The molecule has 28 heavy (non-hydrogen) atoms. The van der Waals surface area contributed by atoms with Gasteiger partial charge in [-0.2, -0.15) is 13.2 Å². The number of benzene rings is 2. The van der Waals surface area contributed by atoms with Crippen LogP contribution in [0.15, 0.2) is 42.5 Å². The number of carbonyl (C=O) groups is 2. The number of nitrogens with zero attached hydrogens (tertiary/aromatic N) is 2. The van der Waals surface area contributed by atoms with Gasteiger partial charge in [-0.3, -0.25) is 19.5 Å². The van der Waals surface area contributed by atoms with Gasteiger partial charge in [-0.15, -0.1) is 0 Å². The Morgan fingerprint density at radius 1 is 1.25 bits per heavy atom. The first-order valence-corrected chi connectivity index (χ1v) is 8.56. The van der Waals surface area contributed by atoms with Crippen LogP contribution in [0, 0.1) is 0 Å². The van der Waals surface area contributed by atoms with Gasteiger partial charge >= 0.3 is 6.18 Å². The van der Waals surface area contributed by atoms with Gasteiger partial charge in [0.15, 0.2) is 0 Å². The van der Waals surface area contributed by atoms with Crippen molar-refractivity contribution in [2.45, 2.75) is 18.6 Å². The van der Waals surface area contributed by atoms with Crippen LogP contribution in [0.5, 0.6) is 0 Å². The van der Waals surface area contributed by atoms with Crippen molar-refractivity contribution >= 4 is 46.1 Å². The predicted octanol–water partition coefficient (Wildman–Crippen LogP) is 4.23. The van der Waals surface area contributed by atoms with Crippen LogP contribution in [0.25, 0.3) is 11.0 Å². The van der Waals surface area contributed by atoms with Gasteiger partial charge in [0.25, 0.3) is 0 Å². The molecule has 0 unspecified atom stereocenters. The van der Waals surface area contributed by atoms with E-state index in [1.165, 1.54) is 6.07 Å². The van der Waals surface area contributed by atoms with Crippen LogP contribution in [-0.2, 0) is 15.8 Å². The van der Waals surface area contributed by atoms with Gasteiger partial charge in [0.05, 0.1) is 28.0 Å². The molecule has 0 fully saturated rings. The second kappa shape index (κ2) is 6.52. The maximum Gasteiger partial charge on any atom is 0.417 e. The summed E-state index contributed by atoms with van der Waals surface area (Å²) in [6, 6.07) is 9.36. The number of anilines is 2. The average molecular weight is 409 g/mol. The van der Waals surface area contributed by atoms with Crippen molar-refractivity contribution in [1.29, 1.82) is 0 Å². The van der Waals surface area contributed by atoms with E-state index in [0.717, 1.165) is 12.1 Å². The zero-order chi connectivity index (χ0) is 20.1. The lowest BCUT2D eigenvalue weighted by atomic mass is 10.1. The van der Waals surface area contributed by atoms with Crippen LogP contribution in [-0.4, -0.2) is 21.4 Å². The standard InChI is InChI=1S/C18H12ClF3N4O2/c19-11-6-5-9(7-10(11)18(20,21)22)23-15(27)8-14-16(28)25-17-24-12-3-1-2-4-13(12)26(14)17/h1-7,14H,8H2,(H,23,27)(H,24,25,28)/t14-/m1/s1. The number of hydrogen-bond acceptors (Lipinski definition) is 3. The molecule has 1 aromatic heterocycles. The van der Waals surface area contributed by atoms with E-state index in [9.17, 15) is 22.8 Å². The number of fused-ring (bicyclic) bond motifs is 3. The number of aromatic nitrogens is 2. The molecular weight excluding hydrogens is 397 g/mol. The van der Waals surface area contributed by atoms with Crippen LogP contribution in [0.3, 0.4) is 0 Å². The molecule has 0 spiro atoms. The minimum atomic E-state index is -4.65. The van der Waals surface area contributed by atoms with Gasteiger partial charge in [0.1, 0.15) is 6.04 Å². The van der Waals surface area contributed by atoms with Gasteiger partial charge in [0.2, 0.25) is 17.8 Å². The van der Waals surface area contributed by atoms with E-state index >= 15 is 0 Å². The predicted molar refractivity (Wildman–Crippen MR) is 97.1 cm³/mol. The Bertz CT molecular complexity index is 1110. The molecule has 0 aliphatic carbocycles. The molecule has 0 saturated carbocycles. The minimum Gasteiger partial charge on any atom is -0.326 e. The van der Waals surface area contributed by atoms with E-state index in [0.29, 0.717) is 17.0 Å². The summed E-state index contributed by atoms with van der Waals surface area (Å²) in [7, 11) is 0. The Morgan fingerprint density at radius 2 is 2.00 bits per heavy atom. The zero-order valence-corrected chi connectivity index (χ0v) is 14.8. The highest BCUT2D eigenvalue weighted by Gasteiger charge is 2.35. The number of halogens is 4. The molecule has 2 N–H and O–H groups in total. The molecule has 4 rings (SSSR count). The first-order valence-electron chi connectivity index (χ1n) is 8.18. The first-order chi connectivity index (χ1) is 13.2. The van der Waals surface area contributed by atoms with E-state index in [-0.39, 0.29) is 12.1 Å². The molecule has 144 valence electrons. The molecule has 1 aliphatic rings. The molecule has 1 atom stereocenters. The summed E-state index contributed by atoms with van der Waals surface area (Å²) in [5.41, 5.74) is 0.235. The maximum atomic E-state index is 13.0. The second-order valence-electron chi connectivity index (χ2n) is 6.24. The van der Waals surface area contributed by atoms with E-state index < -0.39 is 34.6 Å².